The summed E-state index contributed by atoms with van der Waals surface area (Å²) in [5, 5.41) is 10.8. The molecule has 0 saturated carbocycles. The molecule has 0 aliphatic carbocycles. The molecule has 0 bridgehead atoms. The fourth-order valence-electron chi connectivity index (χ4n) is 3.12. The van der Waals surface area contributed by atoms with Gasteiger partial charge in [-0.05, 0) is 38.0 Å². The first-order valence-corrected chi connectivity index (χ1v) is 9.28. The molecule has 0 N–H and O–H groups in total. The Balaban J connectivity index is 2.22. The average molecular weight is 359 g/mol. The smallest absolute Gasteiger partial charge is 0.233 e. The summed E-state index contributed by atoms with van der Waals surface area (Å²) in [5.41, 5.74) is 5.32. The van der Waals surface area contributed by atoms with Gasteiger partial charge in [-0.2, -0.15) is 5.26 Å². The molecule has 0 spiro atoms. The van der Waals surface area contributed by atoms with Gasteiger partial charge in [0.1, 0.15) is 16.5 Å². The Morgan fingerprint density at radius 2 is 1.92 bits per heavy atom. The van der Waals surface area contributed by atoms with Crippen LogP contribution < -0.4 is 4.74 Å². The van der Waals surface area contributed by atoms with Gasteiger partial charge in [0.05, 0.1) is 16.8 Å². The van der Waals surface area contributed by atoms with Crippen molar-refractivity contribution in [3.8, 4) is 23.1 Å². The molecule has 128 valence electrons. The van der Waals surface area contributed by atoms with Gasteiger partial charge in [0.2, 0.25) is 5.88 Å². The fraction of sp³-hybridized carbons (Fsp3) is 0.190. The highest BCUT2D eigenvalue weighted by Crippen LogP contribution is 2.43. The normalized spacial score (nSPS) is 11.0. The number of fused-ring (bicyclic) bond motifs is 3. The van der Waals surface area contributed by atoms with Crippen LogP contribution in [-0.4, -0.2) is 16.6 Å². The molecule has 0 atom stereocenters. The van der Waals surface area contributed by atoms with E-state index >= 15 is 0 Å². The zero-order valence-electron chi connectivity index (χ0n) is 14.8. The first-order valence-electron chi connectivity index (χ1n) is 8.46. The topological polar surface area (TPSA) is 58.8 Å². The molecule has 1 aromatic carbocycles. The number of thiophene rings is 1. The van der Waals surface area contributed by atoms with E-state index in [0.29, 0.717) is 18.1 Å². The second-order valence-corrected chi connectivity index (χ2v) is 7.13. The van der Waals surface area contributed by atoms with E-state index in [2.05, 4.69) is 24.0 Å². The molecule has 0 saturated heterocycles. The quantitative estimate of drug-likeness (QED) is 0.491. The molecule has 26 heavy (non-hydrogen) atoms. The summed E-state index contributed by atoms with van der Waals surface area (Å²) in [6.45, 7) is 6.43. The molecule has 3 heterocycles. The number of benzene rings is 1. The average Bonchev–Trinajstić information content (AvgIpc) is 2.98. The van der Waals surface area contributed by atoms with E-state index in [-0.39, 0.29) is 0 Å². The molecule has 4 aromatic rings. The first-order chi connectivity index (χ1) is 12.6. The predicted octanol–water partition coefficient (Wildman–Crippen LogP) is 5.40. The monoisotopic (exact) mass is 359 g/mol. The van der Waals surface area contributed by atoms with E-state index in [9.17, 15) is 5.26 Å². The van der Waals surface area contributed by atoms with Crippen LogP contribution in [0.3, 0.4) is 0 Å². The van der Waals surface area contributed by atoms with Crippen LogP contribution >= 0.6 is 11.3 Å². The number of ether oxygens (including phenoxy) is 1. The number of aromatic nitrogens is 2. The Morgan fingerprint density at radius 1 is 1.15 bits per heavy atom. The minimum atomic E-state index is 0.390. The van der Waals surface area contributed by atoms with Crippen molar-refractivity contribution in [2.24, 2.45) is 0 Å². The van der Waals surface area contributed by atoms with Crippen molar-refractivity contribution in [2.75, 3.05) is 6.61 Å². The van der Waals surface area contributed by atoms with Gasteiger partial charge in [0.15, 0.2) is 0 Å². The minimum Gasteiger partial charge on any atom is -0.477 e. The summed E-state index contributed by atoms with van der Waals surface area (Å²) < 4.78 is 6.77. The summed E-state index contributed by atoms with van der Waals surface area (Å²) in [6, 6.07) is 14.4. The molecule has 0 amide bonds. The highest BCUT2D eigenvalue weighted by atomic mass is 32.1. The third-order valence-corrected chi connectivity index (χ3v) is 5.48. The van der Waals surface area contributed by atoms with Crippen LogP contribution in [0.25, 0.3) is 31.6 Å². The van der Waals surface area contributed by atoms with Crippen LogP contribution in [0.2, 0.25) is 0 Å². The van der Waals surface area contributed by atoms with Crippen LogP contribution in [0.4, 0.5) is 0 Å². The van der Waals surface area contributed by atoms with E-state index < -0.39 is 0 Å². The lowest BCUT2D eigenvalue weighted by Crippen LogP contribution is -2.00. The Morgan fingerprint density at radius 3 is 2.62 bits per heavy atom. The maximum absolute atomic E-state index is 9.87. The first kappa shape index (κ1) is 16.5. The molecule has 0 fully saturated rings. The van der Waals surface area contributed by atoms with E-state index in [4.69, 9.17) is 9.72 Å². The number of aryl methyl sites for hydroxylation is 2. The third kappa shape index (κ3) is 2.51. The maximum Gasteiger partial charge on any atom is 0.233 e. The summed E-state index contributed by atoms with van der Waals surface area (Å²) in [6.07, 6.45) is 0. The largest absolute Gasteiger partial charge is 0.477 e. The zero-order chi connectivity index (χ0) is 18.3. The molecule has 3 aromatic heterocycles. The lowest BCUT2D eigenvalue weighted by molar-refractivity contribution is 0.327. The van der Waals surface area contributed by atoms with Gasteiger partial charge in [-0.3, -0.25) is 4.98 Å². The summed E-state index contributed by atoms with van der Waals surface area (Å²) >= 11 is 1.59. The Labute approximate surface area is 155 Å². The number of rotatable bonds is 3. The van der Waals surface area contributed by atoms with Crippen LogP contribution in [0.15, 0.2) is 36.4 Å². The Hall–Kier alpha value is -2.97. The van der Waals surface area contributed by atoms with Crippen LogP contribution in [0, 0.1) is 25.2 Å². The lowest BCUT2D eigenvalue weighted by atomic mass is 9.98. The van der Waals surface area contributed by atoms with Crippen molar-refractivity contribution in [1.29, 1.82) is 5.26 Å². The zero-order valence-corrected chi connectivity index (χ0v) is 15.6. The van der Waals surface area contributed by atoms with Crippen molar-refractivity contribution in [1.82, 2.24) is 9.97 Å². The van der Waals surface area contributed by atoms with Gasteiger partial charge in [0, 0.05) is 16.6 Å². The standard InChI is InChI=1S/C21H17N3OS/c1-4-25-20-15(11-22)17(14-8-6-5-7-9-14)18-19-16(26-21(18)24-20)10-12(2)13(3)23-19/h5-10H,4H2,1-3H3. The second-order valence-electron chi connectivity index (χ2n) is 6.10. The van der Waals surface area contributed by atoms with Crippen LogP contribution in [0.5, 0.6) is 5.88 Å². The van der Waals surface area contributed by atoms with Crippen molar-refractivity contribution < 1.29 is 4.74 Å². The van der Waals surface area contributed by atoms with Gasteiger partial charge in [-0.1, -0.05) is 30.3 Å². The molecule has 0 aliphatic heterocycles. The maximum atomic E-state index is 9.87. The number of nitrogens with zero attached hydrogens (tertiary/aromatic N) is 3. The van der Waals surface area contributed by atoms with Crippen molar-refractivity contribution in [3.63, 3.8) is 0 Å². The molecule has 5 heteroatoms. The van der Waals surface area contributed by atoms with E-state index in [1.165, 1.54) is 0 Å². The van der Waals surface area contributed by atoms with E-state index in [1.807, 2.05) is 44.2 Å². The van der Waals surface area contributed by atoms with Gasteiger partial charge in [-0.15, -0.1) is 11.3 Å². The molecule has 0 aliphatic rings. The molecular formula is C21H17N3OS. The van der Waals surface area contributed by atoms with E-state index in [0.717, 1.165) is 42.8 Å². The highest BCUT2D eigenvalue weighted by molar-refractivity contribution is 7.25. The van der Waals surface area contributed by atoms with Crippen molar-refractivity contribution >= 4 is 31.8 Å². The number of pyridine rings is 2. The second kappa shape index (κ2) is 6.40. The molecule has 4 rings (SSSR count). The molecule has 4 nitrogen and oxygen atoms in total. The SMILES string of the molecule is CCOc1nc2sc3cc(C)c(C)nc3c2c(-c2ccccc2)c1C#N. The van der Waals surface area contributed by atoms with Crippen molar-refractivity contribution in [3.05, 3.63) is 53.2 Å². The van der Waals surface area contributed by atoms with E-state index in [1.54, 1.807) is 11.3 Å². The van der Waals surface area contributed by atoms with Crippen LogP contribution in [-0.2, 0) is 0 Å². The predicted molar refractivity (Wildman–Crippen MR) is 106 cm³/mol. The lowest BCUT2D eigenvalue weighted by Gasteiger charge is -2.11. The van der Waals surface area contributed by atoms with Gasteiger partial charge < -0.3 is 4.74 Å². The number of hydrogen-bond acceptors (Lipinski definition) is 5. The summed E-state index contributed by atoms with van der Waals surface area (Å²) in [5.74, 6) is 0.390. The van der Waals surface area contributed by atoms with Crippen LogP contribution in [0.1, 0.15) is 23.7 Å². The summed E-state index contributed by atoms with van der Waals surface area (Å²) in [7, 11) is 0. The molecule has 0 unspecified atom stereocenters. The molecular weight excluding hydrogens is 342 g/mol. The fourth-order valence-corrected chi connectivity index (χ4v) is 4.23. The number of hydrogen-bond donors (Lipinski definition) is 0. The van der Waals surface area contributed by atoms with Gasteiger partial charge in [0.25, 0.3) is 0 Å². The van der Waals surface area contributed by atoms with Crippen molar-refractivity contribution in [2.45, 2.75) is 20.8 Å². The Kier molecular flexibility index (Phi) is 4.06. The molecule has 0 radical (unpaired) electrons. The highest BCUT2D eigenvalue weighted by Gasteiger charge is 2.22. The van der Waals surface area contributed by atoms with Gasteiger partial charge in [-0.25, -0.2) is 4.98 Å². The minimum absolute atomic E-state index is 0.390. The Bertz CT molecular complexity index is 1170. The third-order valence-electron chi connectivity index (χ3n) is 4.46. The number of nitriles is 1. The summed E-state index contributed by atoms with van der Waals surface area (Å²) in [4.78, 5) is 10.3. The van der Waals surface area contributed by atoms with Gasteiger partial charge >= 0.3 is 0 Å².